The minimum Gasteiger partial charge on any atom is -0.384 e. The topological polar surface area (TPSA) is 62.1 Å². The van der Waals surface area contributed by atoms with Crippen LogP contribution in [0.25, 0.3) is 0 Å². The number of Topliss-reactive ketones (excluding diaryl/α,β-unsaturated/α-hetero) is 1. The second-order valence-electron chi connectivity index (χ2n) is 5.20. The Labute approximate surface area is 101 Å². The molecule has 1 spiro atoms. The maximum atomic E-state index is 12.0. The Hall–Kier alpha value is -1.60. The molecule has 1 unspecified atom stereocenters. The van der Waals surface area contributed by atoms with Crippen LogP contribution in [-0.2, 0) is 9.53 Å². The van der Waals surface area contributed by atoms with Crippen molar-refractivity contribution in [3.05, 3.63) is 23.9 Å². The van der Waals surface area contributed by atoms with Crippen LogP contribution < -0.4 is 5.32 Å². The summed E-state index contributed by atoms with van der Waals surface area (Å²) in [5.74, 6) is -0.118. The van der Waals surface area contributed by atoms with Gasteiger partial charge in [-0.3, -0.25) is 4.79 Å². The van der Waals surface area contributed by atoms with Crippen molar-refractivity contribution in [3.8, 4) is 6.07 Å². The third-order valence-corrected chi connectivity index (χ3v) is 3.37. The highest BCUT2D eigenvalue weighted by Crippen LogP contribution is 2.43. The average Bonchev–Trinajstić information content (AvgIpc) is 2.27. The van der Waals surface area contributed by atoms with Gasteiger partial charge in [-0.15, -0.1) is 0 Å². The highest BCUT2D eigenvalue weighted by Gasteiger charge is 2.48. The molecule has 0 aromatic heterocycles. The van der Waals surface area contributed by atoms with Gasteiger partial charge < -0.3 is 10.1 Å². The van der Waals surface area contributed by atoms with E-state index in [2.05, 4.69) is 11.9 Å². The zero-order chi connectivity index (χ0) is 12.7. The van der Waals surface area contributed by atoms with Crippen molar-refractivity contribution in [1.82, 2.24) is 5.32 Å². The Kier molecular flexibility index (Phi) is 2.59. The first-order valence-electron chi connectivity index (χ1n) is 5.66. The van der Waals surface area contributed by atoms with Gasteiger partial charge in [0.15, 0.2) is 5.78 Å². The smallest absolute Gasteiger partial charge is 0.178 e. The number of carbonyl (C=O) groups is 1. The number of hydrogen-bond donors (Lipinski definition) is 1. The Bertz CT molecular complexity index is 457. The van der Waals surface area contributed by atoms with Crippen molar-refractivity contribution in [2.45, 2.75) is 25.9 Å². The SMILES string of the molecule is C=C1NCCOC12C=C(C#N)C(=O)C(C)(C)C2. The van der Waals surface area contributed by atoms with Crippen molar-refractivity contribution in [2.24, 2.45) is 5.41 Å². The number of rotatable bonds is 0. The molecule has 1 N–H and O–H groups in total. The molecule has 4 heteroatoms. The lowest BCUT2D eigenvalue weighted by Crippen LogP contribution is -2.52. The van der Waals surface area contributed by atoms with Crippen LogP contribution in [0.1, 0.15) is 20.3 Å². The van der Waals surface area contributed by atoms with Gasteiger partial charge in [0.05, 0.1) is 12.2 Å². The summed E-state index contributed by atoms with van der Waals surface area (Å²) in [4.78, 5) is 12.0. The molecular weight excluding hydrogens is 216 g/mol. The molecule has 17 heavy (non-hydrogen) atoms. The second-order valence-corrected chi connectivity index (χ2v) is 5.20. The number of nitrogens with one attached hydrogen (secondary N) is 1. The van der Waals surface area contributed by atoms with Crippen LogP contribution in [0.2, 0.25) is 0 Å². The molecule has 1 aliphatic heterocycles. The van der Waals surface area contributed by atoms with Gasteiger partial charge in [-0.05, 0) is 12.5 Å². The minimum absolute atomic E-state index is 0.118. The molecule has 4 nitrogen and oxygen atoms in total. The molecule has 2 rings (SSSR count). The van der Waals surface area contributed by atoms with Gasteiger partial charge in [0.2, 0.25) is 0 Å². The summed E-state index contributed by atoms with van der Waals surface area (Å²) < 4.78 is 5.79. The Morgan fingerprint density at radius 3 is 2.88 bits per heavy atom. The number of ether oxygens (including phenoxy) is 1. The van der Waals surface area contributed by atoms with Crippen molar-refractivity contribution >= 4 is 5.78 Å². The van der Waals surface area contributed by atoms with Gasteiger partial charge in [0, 0.05) is 17.7 Å². The number of allylic oxidation sites excluding steroid dienone is 1. The lowest BCUT2D eigenvalue weighted by Gasteiger charge is -2.44. The van der Waals surface area contributed by atoms with Crippen molar-refractivity contribution in [3.63, 3.8) is 0 Å². The van der Waals surface area contributed by atoms with E-state index in [1.165, 1.54) is 0 Å². The monoisotopic (exact) mass is 232 g/mol. The predicted molar refractivity (Wildman–Crippen MR) is 62.9 cm³/mol. The zero-order valence-electron chi connectivity index (χ0n) is 10.2. The summed E-state index contributed by atoms with van der Waals surface area (Å²) in [7, 11) is 0. The Morgan fingerprint density at radius 2 is 2.29 bits per heavy atom. The maximum absolute atomic E-state index is 12.0. The third kappa shape index (κ3) is 1.77. The molecular formula is C13H16N2O2. The summed E-state index contributed by atoms with van der Waals surface area (Å²) in [6.07, 6.45) is 2.14. The summed E-state index contributed by atoms with van der Waals surface area (Å²) in [5.41, 5.74) is -0.397. The van der Waals surface area contributed by atoms with Gasteiger partial charge in [0.1, 0.15) is 11.7 Å². The summed E-state index contributed by atoms with van der Waals surface area (Å²) in [5, 5.41) is 12.2. The molecule has 0 bridgehead atoms. The molecule has 1 fully saturated rings. The lowest BCUT2D eigenvalue weighted by molar-refractivity contribution is -0.128. The van der Waals surface area contributed by atoms with E-state index < -0.39 is 11.0 Å². The van der Waals surface area contributed by atoms with E-state index in [-0.39, 0.29) is 11.4 Å². The van der Waals surface area contributed by atoms with E-state index in [4.69, 9.17) is 10.00 Å². The average molecular weight is 232 g/mol. The van der Waals surface area contributed by atoms with Crippen molar-refractivity contribution in [1.29, 1.82) is 5.26 Å². The molecule has 2 aliphatic rings. The summed E-state index contributed by atoms with van der Waals surface area (Å²) in [6.45, 7) is 8.90. The van der Waals surface area contributed by atoms with Gasteiger partial charge in [0.25, 0.3) is 0 Å². The largest absolute Gasteiger partial charge is 0.384 e. The highest BCUT2D eigenvalue weighted by molar-refractivity contribution is 6.04. The lowest BCUT2D eigenvalue weighted by atomic mass is 9.68. The molecule has 90 valence electrons. The van der Waals surface area contributed by atoms with E-state index in [1.54, 1.807) is 6.08 Å². The fraction of sp³-hybridized carbons (Fsp3) is 0.538. The first-order chi connectivity index (χ1) is 7.91. The van der Waals surface area contributed by atoms with E-state index in [0.29, 0.717) is 19.6 Å². The third-order valence-electron chi connectivity index (χ3n) is 3.37. The van der Waals surface area contributed by atoms with Gasteiger partial charge in [-0.2, -0.15) is 5.26 Å². The van der Waals surface area contributed by atoms with Gasteiger partial charge >= 0.3 is 0 Å². The first kappa shape index (κ1) is 11.9. The van der Waals surface area contributed by atoms with Crippen molar-refractivity contribution in [2.75, 3.05) is 13.2 Å². The van der Waals surface area contributed by atoms with E-state index >= 15 is 0 Å². The van der Waals surface area contributed by atoms with Crippen LogP contribution in [0, 0.1) is 16.7 Å². The highest BCUT2D eigenvalue weighted by atomic mass is 16.5. The molecule has 1 atom stereocenters. The Balaban J connectivity index is 2.50. The molecule has 0 aromatic rings. The fourth-order valence-electron chi connectivity index (χ4n) is 2.49. The van der Waals surface area contributed by atoms with Crippen LogP contribution in [0.5, 0.6) is 0 Å². The number of carbonyl (C=O) groups excluding carboxylic acids is 1. The number of nitriles is 1. The minimum atomic E-state index is -0.708. The normalized spacial score (nSPS) is 31.7. The van der Waals surface area contributed by atoms with Crippen molar-refractivity contribution < 1.29 is 9.53 Å². The molecule has 1 saturated heterocycles. The molecule has 1 heterocycles. The first-order valence-corrected chi connectivity index (χ1v) is 5.66. The molecule has 1 aliphatic carbocycles. The van der Waals surface area contributed by atoms with Gasteiger partial charge in [-0.1, -0.05) is 20.4 Å². The van der Waals surface area contributed by atoms with Crippen LogP contribution in [0.4, 0.5) is 0 Å². The molecule has 0 aromatic carbocycles. The number of hydrogen-bond acceptors (Lipinski definition) is 4. The maximum Gasteiger partial charge on any atom is 0.178 e. The zero-order valence-corrected chi connectivity index (χ0v) is 10.2. The molecule has 0 radical (unpaired) electrons. The number of nitrogens with zero attached hydrogens (tertiary/aromatic N) is 1. The fourth-order valence-corrected chi connectivity index (χ4v) is 2.49. The molecule has 0 amide bonds. The van der Waals surface area contributed by atoms with Gasteiger partial charge in [-0.25, -0.2) is 0 Å². The predicted octanol–water partition coefficient (Wildman–Crippen LogP) is 1.31. The number of ketones is 1. The summed E-state index contributed by atoms with van der Waals surface area (Å²) in [6, 6.07) is 1.96. The van der Waals surface area contributed by atoms with E-state index in [1.807, 2.05) is 19.9 Å². The molecule has 0 saturated carbocycles. The van der Waals surface area contributed by atoms with E-state index in [0.717, 1.165) is 5.70 Å². The van der Waals surface area contributed by atoms with E-state index in [9.17, 15) is 4.79 Å². The van der Waals surface area contributed by atoms with Crippen LogP contribution in [0.3, 0.4) is 0 Å². The quantitative estimate of drug-likeness (QED) is 0.684. The standard InChI is InChI=1S/C13H16N2O2/c1-9-13(17-5-4-15-9)6-10(7-14)11(16)12(2,3)8-13/h6,15H,1,4-5,8H2,2-3H3. The van der Waals surface area contributed by atoms with Crippen LogP contribution >= 0.6 is 0 Å². The van der Waals surface area contributed by atoms with Crippen LogP contribution in [-0.4, -0.2) is 24.5 Å². The second kappa shape index (κ2) is 3.71. The van der Waals surface area contributed by atoms with Crippen LogP contribution in [0.15, 0.2) is 23.9 Å². The summed E-state index contributed by atoms with van der Waals surface area (Å²) >= 11 is 0. The number of morpholine rings is 1. The Morgan fingerprint density at radius 1 is 1.59 bits per heavy atom.